The molecule has 1 aromatic heterocycles. The third-order valence-electron chi connectivity index (χ3n) is 5.38. The van der Waals surface area contributed by atoms with Crippen LogP contribution in [0.25, 0.3) is 11.4 Å². The molecule has 2 fully saturated rings. The Bertz CT molecular complexity index is 859. The first kappa shape index (κ1) is 17.7. The predicted octanol–water partition coefficient (Wildman–Crippen LogP) is 1.72. The molecule has 2 saturated heterocycles. The lowest BCUT2D eigenvalue weighted by atomic mass is 9.91. The molecular formula is C19H23N5O3. The van der Waals surface area contributed by atoms with Crippen molar-refractivity contribution in [1.82, 2.24) is 26.1 Å². The molecule has 142 valence electrons. The van der Waals surface area contributed by atoms with Crippen LogP contribution in [-0.2, 0) is 16.8 Å². The normalized spacial score (nSPS) is 25.3. The van der Waals surface area contributed by atoms with E-state index in [9.17, 15) is 9.59 Å². The topological polar surface area (TPSA) is 109 Å². The van der Waals surface area contributed by atoms with E-state index in [1.807, 2.05) is 18.2 Å². The fourth-order valence-corrected chi connectivity index (χ4v) is 3.69. The third-order valence-corrected chi connectivity index (χ3v) is 5.38. The van der Waals surface area contributed by atoms with Crippen molar-refractivity contribution in [2.24, 2.45) is 5.92 Å². The second-order valence-corrected chi connectivity index (χ2v) is 7.38. The number of hydrogen-bond donors (Lipinski definition) is 3. The maximum atomic E-state index is 12.1. The van der Waals surface area contributed by atoms with Gasteiger partial charge in [-0.2, -0.15) is 4.98 Å². The summed E-state index contributed by atoms with van der Waals surface area (Å²) in [5, 5.41) is 12.4. The molecular weight excluding hydrogens is 346 g/mol. The molecule has 3 N–H and O–H groups in total. The Hall–Kier alpha value is -2.74. The Morgan fingerprint density at radius 3 is 2.96 bits per heavy atom. The van der Waals surface area contributed by atoms with E-state index in [0.717, 1.165) is 31.5 Å². The summed E-state index contributed by atoms with van der Waals surface area (Å²) in [5.41, 5.74) is 0.313. The Balaban J connectivity index is 1.48. The maximum absolute atomic E-state index is 12.1. The maximum Gasteiger partial charge on any atom is 0.322 e. The smallest absolute Gasteiger partial charge is 0.322 e. The summed E-state index contributed by atoms with van der Waals surface area (Å²) in [6.07, 6.45) is 4.24. The SMILES string of the molecule is CC1(c2cccc(-c3noc(CCC4CCCNC4)n3)c2)NC(=O)NC1=O. The first-order valence-electron chi connectivity index (χ1n) is 9.32. The van der Waals surface area contributed by atoms with Gasteiger partial charge in [0.25, 0.3) is 5.91 Å². The van der Waals surface area contributed by atoms with Crippen molar-refractivity contribution in [3.8, 4) is 11.4 Å². The van der Waals surface area contributed by atoms with Gasteiger partial charge < -0.3 is 15.2 Å². The predicted molar refractivity (Wildman–Crippen MR) is 97.7 cm³/mol. The van der Waals surface area contributed by atoms with Gasteiger partial charge in [0.1, 0.15) is 5.54 Å². The molecule has 2 atom stereocenters. The van der Waals surface area contributed by atoms with Crippen LogP contribution in [0.1, 0.15) is 37.6 Å². The molecule has 3 heterocycles. The zero-order valence-electron chi connectivity index (χ0n) is 15.2. The highest BCUT2D eigenvalue weighted by atomic mass is 16.5. The average molecular weight is 369 g/mol. The summed E-state index contributed by atoms with van der Waals surface area (Å²) in [6.45, 7) is 3.83. The zero-order chi connectivity index (χ0) is 18.9. The van der Waals surface area contributed by atoms with E-state index in [-0.39, 0.29) is 5.91 Å². The number of rotatable bonds is 5. The van der Waals surface area contributed by atoms with Crippen LogP contribution in [0.5, 0.6) is 0 Å². The number of aryl methyl sites for hydroxylation is 1. The van der Waals surface area contributed by atoms with E-state index in [0.29, 0.717) is 23.2 Å². The lowest BCUT2D eigenvalue weighted by Crippen LogP contribution is -2.40. The molecule has 2 aromatic rings. The first-order valence-corrected chi connectivity index (χ1v) is 9.32. The number of amides is 3. The molecule has 2 aliphatic rings. The van der Waals surface area contributed by atoms with Crippen LogP contribution in [-0.4, -0.2) is 35.2 Å². The molecule has 27 heavy (non-hydrogen) atoms. The number of hydrogen-bond acceptors (Lipinski definition) is 6. The van der Waals surface area contributed by atoms with E-state index in [2.05, 4.69) is 26.1 Å². The highest BCUT2D eigenvalue weighted by molar-refractivity contribution is 6.07. The van der Waals surface area contributed by atoms with Gasteiger partial charge in [-0.25, -0.2) is 4.79 Å². The van der Waals surface area contributed by atoms with Crippen LogP contribution < -0.4 is 16.0 Å². The van der Waals surface area contributed by atoms with Crippen LogP contribution in [0.4, 0.5) is 4.79 Å². The van der Waals surface area contributed by atoms with Crippen LogP contribution >= 0.6 is 0 Å². The molecule has 8 heteroatoms. The Labute approximate surface area is 157 Å². The number of benzene rings is 1. The second-order valence-electron chi connectivity index (χ2n) is 7.38. The third kappa shape index (κ3) is 3.57. The van der Waals surface area contributed by atoms with Crippen molar-refractivity contribution in [2.45, 2.75) is 38.1 Å². The minimum Gasteiger partial charge on any atom is -0.339 e. The van der Waals surface area contributed by atoms with Crippen molar-refractivity contribution >= 4 is 11.9 Å². The van der Waals surface area contributed by atoms with Crippen molar-refractivity contribution in [1.29, 1.82) is 0 Å². The average Bonchev–Trinajstić information content (AvgIpc) is 3.26. The molecule has 0 spiro atoms. The summed E-state index contributed by atoms with van der Waals surface area (Å²) in [6, 6.07) is 6.79. The number of nitrogens with zero attached hydrogens (tertiary/aromatic N) is 2. The summed E-state index contributed by atoms with van der Waals surface area (Å²) in [5.74, 6) is 1.39. The highest BCUT2D eigenvalue weighted by Crippen LogP contribution is 2.28. The van der Waals surface area contributed by atoms with Gasteiger partial charge >= 0.3 is 6.03 Å². The number of carbonyl (C=O) groups excluding carboxylic acids is 2. The monoisotopic (exact) mass is 369 g/mol. The van der Waals surface area contributed by atoms with Gasteiger partial charge in [0.2, 0.25) is 11.7 Å². The number of urea groups is 1. The van der Waals surface area contributed by atoms with E-state index in [4.69, 9.17) is 4.52 Å². The number of nitrogens with one attached hydrogen (secondary N) is 3. The first-order chi connectivity index (χ1) is 13.0. The van der Waals surface area contributed by atoms with Gasteiger partial charge in [-0.15, -0.1) is 0 Å². The van der Waals surface area contributed by atoms with Crippen molar-refractivity contribution < 1.29 is 14.1 Å². The minimum atomic E-state index is -1.10. The molecule has 0 saturated carbocycles. The molecule has 0 bridgehead atoms. The van der Waals surface area contributed by atoms with Crippen molar-refractivity contribution in [2.75, 3.05) is 13.1 Å². The lowest BCUT2D eigenvalue weighted by molar-refractivity contribution is -0.123. The van der Waals surface area contributed by atoms with Gasteiger partial charge in [0.15, 0.2) is 0 Å². The standard InChI is InChI=1S/C19H23N5O3/c1-19(17(25)22-18(26)23-19)14-6-2-5-13(10-14)16-21-15(27-24-16)8-7-12-4-3-9-20-11-12/h2,5-6,10,12,20H,3-4,7-9,11H2,1H3,(H2,22,23,25,26). The molecule has 2 unspecified atom stereocenters. The molecule has 2 aliphatic heterocycles. The Morgan fingerprint density at radius 2 is 2.22 bits per heavy atom. The van der Waals surface area contributed by atoms with Crippen molar-refractivity contribution in [3.05, 3.63) is 35.7 Å². The number of imide groups is 1. The molecule has 4 rings (SSSR count). The van der Waals surface area contributed by atoms with Crippen molar-refractivity contribution in [3.63, 3.8) is 0 Å². The zero-order valence-corrected chi connectivity index (χ0v) is 15.2. The highest BCUT2D eigenvalue weighted by Gasteiger charge is 2.43. The molecule has 1 aromatic carbocycles. The Morgan fingerprint density at radius 1 is 1.33 bits per heavy atom. The van der Waals surface area contributed by atoms with Gasteiger partial charge in [0, 0.05) is 12.0 Å². The summed E-state index contributed by atoms with van der Waals surface area (Å²) < 4.78 is 5.41. The van der Waals surface area contributed by atoms with E-state index in [1.54, 1.807) is 13.0 Å². The lowest BCUT2D eigenvalue weighted by Gasteiger charge is -2.21. The van der Waals surface area contributed by atoms with Crippen LogP contribution in [0.2, 0.25) is 0 Å². The van der Waals surface area contributed by atoms with Gasteiger partial charge in [-0.1, -0.05) is 23.4 Å². The largest absolute Gasteiger partial charge is 0.339 e. The molecule has 3 amide bonds. The van der Waals surface area contributed by atoms with Crippen LogP contribution in [0, 0.1) is 5.92 Å². The van der Waals surface area contributed by atoms with Gasteiger partial charge in [-0.05, 0) is 56.8 Å². The van der Waals surface area contributed by atoms with Gasteiger partial charge in [-0.3, -0.25) is 10.1 Å². The molecule has 0 aliphatic carbocycles. The molecule has 8 nitrogen and oxygen atoms in total. The van der Waals surface area contributed by atoms with E-state index in [1.165, 1.54) is 12.8 Å². The number of carbonyl (C=O) groups is 2. The fraction of sp³-hybridized carbons (Fsp3) is 0.474. The van der Waals surface area contributed by atoms with E-state index < -0.39 is 11.6 Å². The minimum absolute atomic E-state index is 0.375. The van der Waals surface area contributed by atoms with Crippen LogP contribution in [0.3, 0.4) is 0 Å². The van der Waals surface area contributed by atoms with Gasteiger partial charge in [0.05, 0.1) is 0 Å². The number of aromatic nitrogens is 2. The Kier molecular flexibility index (Phi) is 4.65. The fourth-order valence-electron chi connectivity index (χ4n) is 3.69. The molecule has 0 radical (unpaired) electrons. The summed E-state index contributed by atoms with van der Waals surface area (Å²) in [7, 11) is 0. The second kappa shape index (κ2) is 7.11. The van der Waals surface area contributed by atoms with Crippen LogP contribution in [0.15, 0.2) is 28.8 Å². The summed E-state index contributed by atoms with van der Waals surface area (Å²) in [4.78, 5) is 28.2. The number of piperidine rings is 1. The quantitative estimate of drug-likeness (QED) is 0.693. The summed E-state index contributed by atoms with van der Waals surface area (Å²) >= 11 is 0. The van der Waals surface area contributed by atoms with E-state index >= 15 is 0 Å².